The maximum absolute atomic E-state index is 12.9. The molecule has 2 bridgehead atoms. The maximum atomic E-state index is 12.9. The normalized spacial score (nSPS) is 11.7. The van der Waals surface area contributed by atoms with Crippen LogP contribution in [0.5, 0.6) is 28.7 Å². The number of ketones is 2. The highest BCUT2D eigenvalue weighted by molar-refractivity contribution is 6.27. The molecule has 4 N–H and O–H groups in total. The predicted octanol–water partition coefficient (Wildman–Crippen LogP) is 2.81. The number of carbonyl (C=O) groups is 3. The molecule has 0 spiro atoms. The van der Waals surface area contributed by atoms with Crippen LogP contribution < -0.4 is 4.74 Å². The van der Waals surface area contributed by atoms with Crippen LogP contribution in [0, 0.1) is 6.92 Å². The molecular formula is C22H14O8. The molecule has 0 amide bonds. The number of ether oxygens (including phenoxy) is 1. The van der Waals surface area contributed by atoms with Gasteiger partial charge in [-0.2, -0.15) is 0 Å². The van der Waals surface area contributed by atoms with E-state index in [2.05, 4.69) is 0 Å². The lowest BCUT2D eigenvalue weighted by atomic mass is 9.83. The minimum absolute atomic E-state index is 0.166. The van der Waals surface area contributed by atoms with Gasteiger partial charge in [-0.05, 0) is 36.8 Å². The number of rotatable bonds is 4. The van der Waals surface area contributed by atoms with Crippen LogP contribution in [0.1, 0.15) is 47.8 Å². The molecule has 5 rings (SSSR count). The van der Waals surface area contributed by atoms with Gasteiger partial charge < -0.3 is 25.2 Å². The number of esters is 1. The summed E-state index contributed by atoms with van der Waals surface area (Å²) in [5, 5.41) is 40.4. The lowest BCUT2D eigenvalue weighted by molar-refractivity contribution is 0.0730. The van der Waals surface area contributed by atoms with Crippen LogP contribution in [-0.4, -0.2) is 38.0 Å². The second-order valence-electron chi connectivity index (χ2n) is 6.71. The molecule has 3 aromatic carbocycles. The molecule has 0 aliphatic heterocycles. The van der Waals surface area contributed by atoms with Crippen LogP contribution in [0.4, 0.5) is 0 Å². The Morgan fingerprint density at radius 3 is 2.20 bits per heavy atom. The van der Waals surface area contributed by atoms with Crippen LogP contribution in [0.3, 0.4) is 0 Å². The molecule has 0 fully saturated rings. The van der Waals surface area contributed by atoms with E-state index in [-0.39, 0.29) is 16.9 Å². The summed E-state index contributed by atoms with van der Waals surface area (Å²) < 4.78 is 5.26. The van der Waals surface area contributed by atoms with Gasteiger partial charge in [0.25, 0.3) is 0 Å². The molecular weight excluding hydrogens is 392 g/mol. The molecule has 2 aliphatic carbocycles. The number of carbonyl (C=O) groups excluding carboxylic acids is 3. The van der Waals surface area contributed by atoms with Crippen molar-refractivity contribution in [3.63, 3.8) is 0 Å². The van der Waals surface area contributed by atoms with Crippen molar-refractivity contribution in [2.45, 2.75) is 6.92 Å². The summed E-state index contributed by atoms with van der Waals surface area (Å²) in [6.45, 7) is 1.72. The minimum Gasteiger partial charge on any atom is -0.507 e. The zero-order chi connectivity index (χ0) is 21.7. The number of hydrogen-bond donors (Lipinski definition) is 4. The van der Waals surface area contributed by atoms with E-state index in [1.807, 2.05) is 0 Å². The van der Waals surface area contributed by atoms with Crippen molar-refractivity contribution in [1.29, 1.82) is 0 Å². The first kappa shape index (κ1) is 19.0. The zero-order valence-electron chi connectivity index (χ0n) is 15.5. The van der Waals surface area contributed by atoms with Crippen LogP contribution in [0.25, 0.3) is 0 Å². The van der Waals surface area contributed by atoms with E-state index in [4.69, 9.17) is 4.74 Å². The van der Waals surface area contributed by atoms with E-state index < -0.39 is 57.2 Å². The molecule has 0 heterocycles. The summed E-state index contributed by atoms with van der Waals surface area (Å²) in [5.41, 5.74) is -1.35. The zero-order valence-corrected chi connectivity index (χ0v) is 15.5. The van der Waals surface area contributed by atoms with Crippen molar-refractivity contribution in [1.82, 2.24) is 0 Å². The number of phenolic OH excluding ortho intramolecular Hbond substituents is 4. The van der Waals surface area contributed by atoms with Gasteiger partial charge in [-0.15, -0.1) is 0 Å². The van der Waals surface area contributed by atoms with Crippen molar-refractivity contribution in [2.75, 3.05) is 0 Å². The van der Waals surface area contributed by atoms with Crippen molar-refractivity contribution in [3.8, 4) is 28.7 Å². The highest BCUT2D eigenvalue weighted by atomic mass is 16.5. The van der Waals surface area contributed by atoms with E-state index in [0.717, 1.165) is 18.2 Å². The third-order valence-corrected chi connectivity index (χ3v) is 4.89. The number of aromatic hydroxyl groups is 4. The number of fused-ring (bicyclic) bond motifs is 2. The van der Waals surface area contributed by atoms with Crippen LogP contribution in [0.2, 0.25) is 0 Å². The van der Waals surface area contributed by atoms with Crippen molar-refractivity contribution in [3.05, 3.63) is 75.8 Å². The lowest BCUT2D eigenvalue weighted by Gasteiger charge is -2.21. The van der Waals surface area contributed by atoms with Crippen molar-refractivity contribution < 1.29 is 39.5 Å². The Hall–Kier alpha value is -4.33. The number of para-hydroxylation sites is 1. The molecule has 2 aliphatic rings. The Kier molecular flexibility index (Phi) is 4.20. The molecule has 30 heavy (non-hydrogen) atoms. The Morgan fingerprint density at radius 1 is 0.867 bits per heavy atom. The molecule has 8 heteroatoms. The summed E-state index contributed by atoms with van der Waals surface area (Å²) in [5.74, 6) is -5.07. The second-order valence-corrected chi connectivity index (χ2v) is 6.71. The monoisotopic (exact) mass is 406 g/mol. The predicted molar refractivity (Wildman–Crippen MR) is 103 cm³/mol. The Bertz CT molecular complexity index is 1270. The summed E-state index contributed by atoms with van der Waals surface area (Å²) >= 11 is 0. The molecule has 0 saturated carbocycles. The fourth-order valence-corrected chi connectivity index (χ4v) is 3.23. The molecule has 0 unspecified atom stereocenters. The van der Waals surface area contributed by atoms with Crippen molar-refractivity contribution >= 4 is 17.5 Å². The Labute approximate surface area is 169 Å². The van der Waals surface area contributed by atoms with Gasteiger partial charge in [-0.1, -0.05) is 18.2 Å². The van der Waals surface area contributed by atoms with Gasteiger partial charge in [-0.3, -0.25) is 9.59 Å². The Morgan fingerprint density at radius 2 is 1.57 bits per heavy atom. The number of benzene rings is 3. The maximum Gasteiger partial charge on any atom is 0.347 e. The number of hydrogen-bond acceptors (Lipinski definition) is 8. The lowest BCUT2D eigenvalue weighted by Crippen LogP contribution is -2.18. The van der Waals surface area contributed by atoms with Gasteiger partial charge in [0.15, 0.2) is 0 Å². The minimum atomic E-state index is -1.04. The van der Waals surface area contributed by atoms with E-state index >= 15 is 0 Å². The SMILES string of the molecule is Cc1ccccc1OC(=O)c1ccc(O)c(C(=O)c2cc3c(O)c(c2O)C3=O)c1O. The molecule has 0 aromatic heterocycles. The summed E-state index contributed by atoms with van der Waals surface area (Å²) in [4.78, 5) is 37.1. The average Bonchev–Trinajstić information content (AvgIpc) is 2.70. The number of phenols is 4. The standard InChI is InChI=1S/C22H14O8/c1-9-4-2-3-5-14(9)30-22(29)10-6-7-13(23)15(17(10)24)18(25)11-8-12-20(27)16(19(11)26)21(12)28/h2-8,23-24,26-27H,1H3. The summed E-state index contributed by atoms with van der Waals surface area (Å²) in [6.07, 6.45) is 0. The quantitative estimate of drug-likeness (QED) is 0.230. The van der Waals surface area contributed by atoms with Gasteiger partial charge >= 0.3 is 5.97 Å². The Balaban J connectivity index is 1.74. The first-order valence-corrected chi connectivity index (χ1v) is 8.73. The topological polar surface area (TPSA) is 141 Å². The van der Waals surface area contributed by atoms with Crippen LogP contribution in [0.15, 0.2) is 42.5 Å². The third kappa shape index (κ3) is 2.66. The van der Waals surface area contributed by atoms with Gasteiger partial charge in [-0.25, -0.2) is 4.79 Å². The molecule has 8 nitrogen and oxygen atoms in total. The van der Waals surface area contributed by atoms with E-state index in [9.17, 15) is 34.8 Å². The van der Waals surface area contributed by atoms with Gasteiger partial charge in [0.2, 0.25) is 11.6 Å². The smallest absolute Gasteiger partial charge is 0.347 e. The largest absolute Gasteiger partial charge is 0.507 e. The highest BCUT2D eigenvalue weighted by Crippen LogP contribution is 2.46. The van der Waals surface area contributed by atoms with Gasteiger partial charge in [0.05, 0.1) is 11.1 Å². The molecule has 0 radical (unpaired) electrons. The van der Waals surface area contributed by atoms with Crippen LogP contribution in [-0.2, 0) is 0 Å². The van der Waals surface area contributed by atoms with Crippen molar-refractivity contribution in [2.24, 2.45) is 0 Å². The van der Waals surface area contributed by atoms with E-state index in [0.29, 0.717) is 5.56 Å². The summed E-state index contributed by atoms with van der Waals surface area (Å²) in [7, 11) is 0. The molecule has 0 atom stereocenters. The van der Waals surface area contributed by atoms with Crippen LogP contribution >= 0.6 is 0 Å². The fraction of sp³-hybridized carbons (Fsp3) is 0.0455. The highest BCUT2D eigenvalue weighted by Gasteiger charge is 2.38. The molecule has 150 valence electrons. The van der Waals surface area contributed by atoms with E-state index in [1.54, 1.807) is 31.2 Å². The number of aryl methyl sites for hydroxylation is 1. The second kappa shape index (κ2) is 6.63. The first-order chi connectivity index (χ1) is 14.2. The van der Waals surface area contributed by atoms with Gasteiger partial charge in [0, 0.05) is 0 Å². The molecule has 3 aromatic rings. The van der Waals surface area contributed by atoms with Gasteiger partial charge in [0.1, 0.15) is 45.4 Å². The third-order valence-electron chi connectivity index (χ3n) is 4.89. The molecule has 0 saturated heterocycles. The summed E-state index contributed by atoms with van der Waals surface area (Å²) in [6, 6.07) is 9.75. The van der Waals surface area contributed by atoms with E-state index in [1.165, 1.54) is 0 Å². The first-order valence-electron chi connectivity index (χ1n) is 8.73. The fourth-order valence-electron chi connectivity index (χ4n) is 3.23. The average molecular weight is 406 g/mol.